The normalized spacial score (nSPS) is 22.1. The highest BCUT2D eigenvalue weighted by molar-refractivity contribution is 5.96. The van der Waals surface area contributed by atoms with Crippen molar-refractivity contribution in [3.05, 3.63) is 33.9 Å². The first-order valence-electron chi connectivity index (χ1n) is 9.41. The summed E-state index contributed by atoms with van der Waals surface area (Å²) < 4.78 is 10.4. The lowest BCUT2D eigenvalue weighted by molar-refractivity contribution is -0.490. The monoisotopic (exact) mass is 406 g/mol. The van der Waals surface area contributed by atoms with Crippen molar-refractivity contribution in [2.24, 2.45) is 17.8 Å². The molecule has 9 nitrogen and oxygen atoms in total. The summed E-state index contributed by atoms with van der Waals surface area (Å²) >= 11 is 0. The average molecular weight is 406 g/mol. The van der Waals surface area contributed by atoms with Crippen LogP contribution in [0, 0.1) is 34.8 Å². The summed E-state index contributed by atoms with van der Waals surface area (Å²) in [4.78, 5) is 47.2. The smallest absolute Gasteiger partial charge is 0.307 e. The standard InChI is InChI=1S/C20H26N2O7/c1-11-5-6-18(28-4)16(7-11)21-20(25)13(3)29-19(24)9-14-15(10-22(26)27)12(2)8-17(14)23/h5-7,12-15H,8-10H2,1-4H3,(H,21,25)/t12-,13-,14-,15-/m1/s1. The number of hydrogen-bond donors (Lipinski definition) is 1. The molecule has 1 amide bonds. The number of carbonyl (C=O) groups excluding carboxylic acids is 3. The molecule has 1 aromatic rings. The van der Waals surface area contributed by atoms with E-state index in [1.807, 2.05) is 13.0 Å². The van der Waals surface area contributed by atoms with Gasteiger partial charge in [-0.25, -0.2) is 0 Å². The number of amides is 1. The van der Waals surface area contributed by atoms with Crippen molar-refractivity contribution < 1.29 is 28.8 Å². The molecule has 0 bridgehead atoms. The molecule has 0 spiro atoms. The first kappa shape index (κ1) is 22.3. The maximum Gasteiger partial charge on any atom is 0.307 e. The lowest BCUT2D eigenvalue weighted by Gasteiger charge is -2.19. The molecule has 158 valence electrons. The number of carbonyl (C=O) groups is 3. The van der Waals surface area contributed by atoms with Crippen LogP contribution in [-0.2, 0) is 19.1 Å². The largest absolute Gasteiger partial charge is 0.495 e. The second-order valence-corrected chi connectivity index (χ2v) is 7.46. The molecule has 1 aliphatic rings. The maximum atomic E-state index is 12.4. The van der Waals surface area contributed by atoms with Gasteiger partial charge in [0.2, 0.25) is 6.54 Å². The Morgan fingerprint density at radius 1 is 1.38 bits per heavy atom. The maximum absolute atomic E-state index is 12.4. The van der Waals surface area contributed by atoms with E-state index in [1.165, 1.54) is 14.0 Å². The van der Waals surface area contributed by atoms with E-state index in [1.54, 1.807) is 19.1 Å². The number of benzene rings is 1. The zero-order valence-electron chi connectivity index (χ0n) is 17.0. The fourth-order valence-corrected chi connectivity index (χ4v) is 3.63. The lowest BCUT2D eigenvalue weighted by atomic mass is 9.88. The molecule has 4 atom stereocenters. The molecule has 1 aromatic carbocycles. The minimum Gasteiger partial charge on any atom is -0.495 e. The molecule has 1 N–H and O–H groups in total. The number of rotatable bonds is 8. The van der Waals surface area contributed by atoms with Crippen LogP contribution in [0.3, 0.4) is 0 Å². The summed E-state index contributed by atoms with van der Waals surface area (Å²) in [5.74, 6) is -2.42. The second kappa shape index (κ2) is 9.49. The number of ketones is 1. The molecule has 1 aliphatic carbocycles. The highest BCUT2D eigenvalue weighted by atomic mass is 16.6. The Balaban J connectivity index is 1.97. The summed E-state index contributed by atoms with van der Waals surface area (Å²) in [7, 11) is 1.48. The number of esters is 1. The molecule has 0 unspecified atom stereocenters. The summed E-state index contributed by atoms with van der Waals surface area (Å²) in [5.41, 5.74) is 1.36. The van der Waals surface area contributed by atoms with Crippen LogP contribution in [-0.4, -0.2) is 42.3 Å². The molecule has 0 aromatic heterocycles. The van der Waals surface area contributed by atoms with Crippen molar-refractivity contribution >= 4 is 23.3 Å². The van der Waals surface area contributed by atoms with Gasteiger partial charge in [-0.1, -0.05) is 13.0 Å². The highest BCUT2D eigenvalue weighted by Gasteiger charge is 2.44. The number of nitrogens with zero attached hydrogens (tertiary/aromatic N) is 1. The van der Waals surface area contributed by atoms with Crippen LogP contribution >= 0.6 is 0 Å². The van der Waals surface area contributed by atoms with Crippen molar-refractivity contribution in [3.8, 4) is 5.75 Å². The third-order valence-corrected chi connectivity index (χ3v) is 5.22. The Kier molecular flexibility index (Phi) is 7.30. The highest BCUT2D eigenvalue weighted by Crippen LogP contribution is 2.36. The van der Waals surface area contributed by atoms with Crippen molar-refractivity contribution in [2.75, 3.05) is 19.0 Å². The van der Waals surface area contributed by atoms with Crippen molar-refractivity contribution in [3.63, 3.8) is 0 Å². The molecule has 2 rings (SSSR count). The van der Waals surface area contributed by atoms with Crippen LogP contribution in [0.15, 0.2) is 18.2 Å². The third kappa shape index (κ3) is 5.75. The fraction of sp³-hybridized carbons (Fsp3) is 0.550. The van der Waals surface area contributed by atoms with Crippen LogP contribution in [0.4, 0.5) is 5.69 Å². The predicted octanol–water partition coefficient (Wildman–Crippen LogP) is 2.38. The van der Waals surface area contributed by atoms with E-state index in [9.17, 15) is 24.5 Å². The van der Waals surface area contributed by atoms with Gasteiger partial charge in [-0.2, -0.15) is 0 Å². The van der Waals surface area contributed by atoms with Gasteiger partial charge < -0.3 is 14.8 Å². The minimum atomic E-state index is -1.10. The number of Topliss-reactive ketones (excluding diaryl/α,β-unsaturated/α-hetero) is 1. The zero-order chi connectivity index (χ0) is 21.7. The minimum absolute atomic E-state index is 0.166. The van der Waals surface area contributed by atoms with Crippen molar-refractivity contribution in [2.45, 2.75) is 39.7 Å². The van der Waals surface area contributed by atoms with Gasteiger partial charge in [-0.05, 0) is 37.5 Å². The summed E-state index contributed by atoms with van der Waals surface area (Å²) in [6, 6.07) is 5.27. The Morgan fingerprint density at radius 3 is 2.69 bits per heavy atom. The topological polar surface area (TPSA) is 125 Å². The SMILES string of the molecule is COc1ccc(C)cc1NC(=O)[C@@H](C)OC(=O)C[C@H]1C(=O)C[C@@H](C)[C@H]1C[N+](=O)[O-]. The quantitative estimate of drug-likeness (QED) is 0.399. The molecule has 0 saturated heterocycles. The van der Waals surface area contributed by atoms with E-state index in [2.05, 4.69) is 5.32 Å². The summed E-state index contributed by atoms with van der Waals surface area (Å²) in [6.45, 7) is 4.68. The van der Waals surface area contributed by atoms with Crippen LogP contribution in [0.25, 0.3) is 0 Å². The number of hydrogen-bond acceptors (Lipinski definition) is 7. The third-order valence-electron chi connectivity index (χ3n) is 5.22. The molecule has 0 radical (unpaired) electrons. The number of nitrogens with one attached hydrogen (secondary N) is 1. The second-order valence-electron chi connectivity index (χ2n) is 7.46. The van der Waals surface area contributed by atoms with Gasteiger partial charge >= 0.3 is 5.97 Å². The molecule has 0 heterocycles. The van der Waals surface area contributed by atoms with Gasteiger partial charge in [0.05, 0.1) is 19.2 Å². The molecule has 9 heteroatoms. The van der Waals surface area contributed by atoms with E-state index in [0.29, 0.717) is 11.4 Å². The first-order chi connectivity index (χ1) is 13.6. The zero-order valence-corrected chi connectivity index (χ0v) is 17.0. The fourth-order valence-electron chi connectivity index (χ4n) is 3.63. The Bertz CT molecular complexity index is 808. The summed E-state index contributed by atoms with van der Waals surface area (Å²) in [6.07, 6.45) is -1.16. The van der Waals surface area contributed by atoms with Gasteiger partial charge in [-0.15, -0.1) is 0 Å². The van der Waals surface area contributed by atoms with Crippen LogP contribution < -0.4 is 10.1 Å². The van der Waals surface area contributed by atoms with E-state index in [0.717, 1.165) is 5.56 Å². The predicted molar refractivity (Wildman–Crippen MR) is 104 cm³/mol. The lowest BCUT2D eigenvalue weighted by Crippen LogP contribution is -2.32. The average Bonchev–Trinajstić information content (AvgIpc) is 2.88. The van der Waals surface area contributed by atoms with Crippen molar-refractivity contribution in [1.29, 1.82) is 0 Å². The number of ether oxygens (including phenoxy) is 2. The van der Waals surface area contributed by atoms with Crippen LogP contribution in [0.1, 0.15) is 32.3 Å². The molecule has 1 saturated carbocycles. The number of methoxy groups -OCH3 is 1. The van der Waals surface area contributed by atoms with E-state index >= 15 is 0 Å². The summed E-state index contributed by atoms with van der Waals surface area (Å²) in [5, 5.41) is 13.5. The van der Waals surface area contributed by atoms with Crippen molar-refractivity contribution in [1.82, 2.24) is 0 Å². The molecular weight excluding hydrogens is 380 g/mol. The number of nitro groups is 1. The van der Waals surface area contributed by atoms with E-state index < -0.39 is 34.7 Å². The van der Waals surface area contributed by atoms with Gasteiger partial charge in [0, 0.05) is 23.2 Å². The van der Waals surface area contributed by atoms with Gasteiger partial charge in [-0.3, -0.25) is 24.5 Å². The van der Waals surface area contributed by atoms with Crippen LogP contribution in [0.5, 0.6) is 5.75 Å². The molecule has 0 aliphatic heterocycles. The van der Waals surface area contributed by atoms with Crippen LogP contribution in [0.2, 0.25) is 0 Å². The van der Waals surface area contributed by atoms with Gasteiger partial charge in [0.1, 0.15) is 11.5 Å². The first-order valence-corrected chi connectivity index (χ1v) is 9.41. The number of aryl methyl sites for hydroxylation is 1. The van der Waals surface area contributed by atoms with E-state index in [4.69, 9.17) is 9.47 Å². The Morgan fingerprint density at radius 2 is 2.07 bits per heavy atom. The van der Waals surface area contributed by atoms with E-state index in [-0.39, 0.29) is 31.1 Å². The Hall–Kier alpha value is -2.97. The van der Waals surface area contributed by atoms with Gasteiger partial charge in [0.15, 0.2) is 6.10 Å². The molecule has 29 heavy (non-hydrogen) atoms. The Labute approximate surface area is 168 Å². The van der Waals surface area contributed by atoms with Gasteiger partial charge in [0.25, 0.3) is 5.91 Å². The molecular formula is C20H26N2O7. The number of anilines is 1. The molecule has 1 fully saturated rings.